The molecule has 0 N–H and O–H groups in total. The third kappa shape index (κ3) is 2.01. The Hall–Kier alpha value is -2.50. The quantitative estimate of drug-likeness (QED) is 0.658. The maximum absolute atomic E-state index is 12.3. The highest BCUT2D eigenvalue weighted by Gasteiger charge is 2.17. The van der Waals surface area contributed by atoms with Gasteiger partial charge in [0.15, 0.2) is 5.78 Å². The standard InChI is InChI=1S/C13H13N5O/c1-17-8-9(14-16-17)7-12(19)13-10-5-3-4-6-11(10)18(2)15-13/h3-6,8H,7H2,1-2H3. The van der Waals surface area contributed by atoms with Crippen LogP contribution in [0.15, 0.2) is 30.5 Å². The lowest BCUT2D eigenvalue weighted by Gasteiger charge is -1.94. The fraction of sp³-hybridized carbons (Fsp3) is 0.231. The molecule has 0 radical (unpaired) electrons. The topological polar surface area (TPSA) is 65.6 Å². The summed E-state index contributed by atoms with van der Waals surface area (Å²) in [6, 6.07) is 7.69. The molecule has 0 unspecified atom stereocenters. The fourth-order valence-corrected chi connectivity index (χ4v) is 2.14. The van der Waals surface area contributed by atoms with E-state index in [2.05, 4.69) is 15.4 Å². The summed E-state index contributed by atoms with van der Waals surface area (Å²) >= 11 is 0. The summed E-state index contributed by atoms with van der Waals surface area (Å²) in [4.78, 5) is 12.3. The average molecular weight is 255 g/mol. The van der Waals surface area contributed by atoms with Crippen molar-refractivity contribution in [2.75, 3.05) is 0 Å². The zero-order valence-corrected chi connectivity index (χ0v) is 10.7. The summed E-state index contributed by atoms with van der Waals surface area (Å²) in [5.41, 5.74) is 2.09. The number of hydrogen-bond acceptors (Lipinski definition) is 4. The number of rotatable bonds is 3. The van der Waals surface area contributed by atoms with Gasteiger partial charge >= 0.3 is 0 Å². The number of carbonyl (C=O) groups is 1. The van der Waals surface area contributed by atoms with E-state index in [4.69, 9.17) is 0 Å². The minimum absolute atomic E-state index is 0.0442. The van der Waals surface area contributed by atoms with Gasteiger partial charge in [-0.3, -0.25) is 14.2 Å². The molecule has 19 heavy (non-hydrogen) atoms. The predicted octanol–water partition coefficient (Wildman–Crippen LogP) is 1.13. The molecule has 0 atom stereocenters. The van der Waals surface area contributed by atoms with E-state index in [1.54, 1.807) is 22.6 Å². The van der Waals surface area contributed by atoms with Crippen LogP contribution < -0.4 is 0 Å². The number of Topliss-reactive ketones (excluding diaryl/α,β-unsaturated/α-hetero) is 1. The summed E-state index contributed by atoms with van der Waals surface area (Å²) in [7, 11) is 3.61. The van der Waals surface area contributed by atoms with Gasteiger partial charge in [0.25, 0.3) is 0 Å². The Morgan fingerprint density at radius 2 is 2.05 bits per heavy atom. The number of carbonyl (C=O) groups excluding carboxylic acids is 1. The van der Waals surface area contributed by atoms with E-state index >= 15 is 0 Å². The molecule has 0 aliphatic heterocycles. The number of aryl methyl sites for hydroxylation is 2. The lowest BCUT2D eigenvalue weighted by atomic mass is 10.1. The van der Waals surface area contributed by atoms with E-state index in [9.17, 15) is 4.79 Å². The van der Waals surface area contributed by atoms with Crippen molar-refractivity contribution in [3.63, 3.8) is 0 Å². The summed E-state index contributed by atoms with van der Waals surface area (Å²) < 4.78 is 3.30. The van der Waals surface area contributed by atoms with E-state index in [1.165, 1.54) is 0 Å². The maximum atomic E-state index is 12.3. The van der Waals surface area contributed by atoms with Crippen molar-refractivity contribution in [3.8, 4) is 0 Å². The van der Waals surface area contributed by atoms with Crippen LogP contribution in [-0.2, 0) is 20.5 Å². The van der Waals surface area contributed by atoms with E-state index in [1.807, 2.05) is 31.3 Å². The van der Waals surface area contributed by atoms with Crippen molar-refractivity contribution < 1.29 is 4.79 Å². The van der Waals surface area contributed by atoms with Gasteiger partial charge in [0.1, 0.15) is 5.69 Å². The lowest BCUT2D eigenvalue weighted by Crippen LogP contribution is -2.06. The Morgan fingerprint density at radius 3 is 2.79 bits per heavy atom. The van der Waals surface area contributed by atoms with Crippen LogP contribution in [0.25, 0.3) is 10.9 Å². The molecule has 96 valence electrons. The van der Waals surface area contributed by atoms with E-state index in [-0.39, 0.29) is 12.2 Å². The number of ketones is 1. The molecule has 0 amide bonds. The highest BCUT2D eigenvalue weighted by Crippen LogP contribution is 2.18. The monoisotopic (exact) mass is 255 g/mol. The van der Waals surface area contributed by atoms with Crippen LogP contribution in [0.2, 0.25) is 0 Å². The number of benzene rings is 1. The Labute approximate surface area is 109 Å². The second-order valence-corrected chi connectivity index (χ2v) is 4.47. The predicted molar refractivity (Wildman–Crippen MR) is 69.8 cm³/mol. The van der Waals surface area contributed by atoms with Crippen LogP contribution in [0.5, 0.6) is 0 Å². The largest absolute Gasteiger partial charge is 0.292 e. The lowest BCUT2D eigenvalue weighted by molar-refractivity contribution is 0.0988. The van der Waals surface area contributed by atoms with Gasteiger partial charge in [0, 0.05) is 25.7 Å². The van der Waals surface area contributed by atoms with Crippen LogP contribution in [0.4, 0.5) is 0 Å². The molecule has 3 aromatic rings. The van der Waals surface area contributed by atoms with Crippen LogP contribution in [-0.4, -0.2) is 30.6 Å². The highest BCUT2D eigenvalue weighted by molar-refractivity contribution is 6.06. The maximum Gasteiger partial charge on any atom is 0.189 e. The Morgan fingerprint density at radius 1 is 1.26 bits per heavy atom. The van der Waals surface area contributed by atoms with Crippen LogP contribution in [0, 0.1) is 0 Å². The SMILES string of the molecule is Cn1cc(CC(=O)c2nn(C)c3ccccc23)nn1. The first-order valence-corrected chi connectivity index (χ1v) is 5.95. The number of nitrogens with zero attached hydrogens (tertiary/aromatic N) is 5. The summed E-state index contributed by atoms with van der Waals surface area (Å²) in [6.07, 6.45) is 1.96. The molecule has 6 heteroatoms. The fourth-order valence-electron chi connectivity index (χ4n) is 2.14. The first kappa shape index (κ1) is 11.6. The highest BCUT2D eigenvalue weighted by atomic mass is 16.1. The van der Waals surface area contributed by atoms with Crippen LogP contribution >= 0.6 is 0 Å². The Balaban J connectivity index is 1.98. The van der Waals surface area contributed by atoms with Gasteiger partial charge in [-0.05, 0) is 6.07 Å². The zero-order valence-electron chi connectivity index (χ0n) is 10.7. The second-order valence-electron chi connectivity index (χ2n) is 4.47. The van der Waals surface area contributed by atoms with Crippen molar-refractivity contribution in [1.29, 1.82) is 0 Å². The Bertz CT molecular complexity index is 755. The number of hydrogen-bond donors (Lipinski definition) is 0. The smallest absolute Gasteiger partial charge is 0.189 e. The molecular formula is C13H13N5O. The molecule has 2 heterocycles. The third-order valence-electron chi connectivity index (χ3n) is 3.01. The summed E-state index contributed by atoms with van der Waals surface area (Å²) in [5, 5.41) is 12.9. The molecular weight excluding hydrogens is 242 g/mol. The van der Waals surface area contributed by atoms with Gasteiger partial charge in [-0.1, -0.05) is 23.4 Å². The zero-order chi connectivity index (χ0) is 13.4. The number of fused-ring (bicyclic) bond motifs is 1. The summed E-state index contributed by atoms with van der Waals surface area (Å²) in [6.45, 7) is 0. The first-order chi connectivity index (χ1) is 9.15. The van der Waals surface area contributed by atoms with Gasteiger partial charge in [0.2, 0.25) is 0 Å². The second kappa shape index (κ2) is 4.31. The van der Waals surface area contributed by atoms with Gasteiger partial charge in [-0.25, -0.2) is 0 Å². The molecule has 0 saturated heterocycles. The molecule has 0 aliphatic carbocycles. The Kier molecular flexibility index (Phi) is 2.63. The van der Waals surface area contributed by atoms with Crippen LogP contribution in [0.3, 0.4) is 0 Å². The van der Waals surface area contributed by atoms with Crippen molar-refractivity contribution in [2.45, 2.75) is 6.42 Å². The molecule has 0 spiro atoms. The molecule has 0 saturated carbocycles. The summed E-state index contributed by atoms with van der Waals surface area (Å²) in [5.74, 6) is -0.0442. The number of aromatic nitrogens is 5. The van der Waals surface area contributed by atoms with E-state index in [0.717, 1.165) is 10.9 Å². The molecule has 6 nitrogen and oxygen atoms in total. The molecule has 0 fully saturated rings. The normalized spacial score (nSPS) is 11.1. The molecule has 0 bridgehead atoms. The van der Waals surface area contributed by atoms with Gasteiger partial charge in [-0.2, -0.15) is 5.10 Å². The van der Waals surface area contributed by atoms with Crippen LogP contribution in [0.1, 0.15) is 16.2 Å². The van der Waals surface area contributed by atoms with Crippen molar-refractivity contribution in [3.05, 3.63) is 41.9 Å². The van der Waals surface area contributed by atoms with Gasteiger partial charge < -0.3 is 0 Å². The van der Waals surface area contributed by atoms with E-state index < -0.39 is 0 Å². The van der Waals surface area contributed by atoms with Gasteiger partial charge in [0.05, 0.1) is 17.6 Å². The minimum atomic E-state index is -0.0442. The molecule has 1 aromatic carbocycles. The van der Waals surface area contributed by atoms with Gasteiger partial charge in [-0.15, -0.1) is 5.10 Å². The first-order valence-electron chi connectivity index (χ1n) is 5.95. The third-order valence-corrected chi connectivity index (χ3v) is 3.01. The van der Waals surface area contributed by atoms with Crippen molar-refractivity contribution in [1.82, 2.24) is 24.8 Å². The molecule has 0 aliphatic rings. The minimum Gasteiger partial charge on any atom is -0.292 e. The van der Waals surface area contributed by atoms with E-state index in [0.29, 0.717) is 11.4 Å². The van der Waals surface area contributed by atoms with Crippen molar-refractivity contribution >= 4 is 16.7 Å². The molecule has 2 aromatic heterocycles. The molecule has 3 rings (SSSR count). The number of para-hydroxylation sites is 1. The average Bonchev–Trinajstić information content (AvgIpc) is 2.95. The van der Waals surface area contributed by atoms with Crippen molar-refractivity contribution in [2.24, 2.45) is 14.1 Å².